The first-order chi connectivity index (χ1) is 8.81. The van der Waals surface area contributed by atoms with E-state index in [4.69, 9.17) is 0 Å². The highest BCUT2D eigenvalue weighted by Crippen LogP contribution is 2.26. The van der Waals surface area contributed by atoms with E-state index in [0.29, 0.717) is 6.04 Å². The lowest BCUT2D eigenvalue weighted by atomic mass is 9.97. The summed E-state index contributed by atoms with van der Waals surface area (Å²) in [7, 11) is 1.92. The van der Waals surface area contributed by atoms with Crippen molar-refractivity contribution >= 4 is 0 Å². The molecule has 0 aliphatic carbocycles. The van der Waals surface area contributed by atoms with Crippen LogP contribution in [0.2, 0.25) is 0 Å². The molecular weight excluding hydrogens is 226 g/mol. The molecular formula is C13H23N5. The number of piperidine rings is 1. The van der Waals surface area contributed by atoms with Crippen LogP contribution in [0.25, 0.3) is 0 Å². The molecule has 0 bridgehead atoms. The maximum atomic E-state index is 4.30. The van der Waals surface area contributed by atoms with E-state index in [1.54, 1.807) is 11.0 Å². The van der Waals surface area contributed by atoms with Gasteiger partial charge >= 0.3 is 0 Å². The molecule has 18 heavy (non-hydrogen) atoms. The minimum atomic E-state index is 0.702. The molecule has 3 rings (SSSR count). The van der Waals surface area contributed by atoms with Crippen molar-refractivity contribution in [2.75, 3.05) is 19.6 Å². The number of aryl methyl sites for hydroxylation is 1. The molecule has 0 aromatic carbocycles. The average Bonchev–Trinajstić information content (AvgIpc) is 2.97. The Hall–Kier alpha value is -0.940. The van der Waals surface area contributed by atoms with Gasteiger partial charge in [-0.3, -0.25) is 4.68 Å². The Morgan fingerprint density at radius 1 is 1.39 bits per heavy atom. The smallest absolute Gasteiger partial charge is 0.151 e. The van der Waals surface area contributed by atoms with Gasteiger partial charge in [-0.25, -0.2) is 4.98 Å². The Balaban J connectivity index is 1.41. The zero-order valence-corrected chi connectivity index (χ0v) is 11.2. The summed E-state index contributed by atoms with van der Waals surface area (Å²) in [6.07, 6.45) is 8.13. The third-order valence-electron chi connectivity index (χ3n) is 4.25. The molecule has 1 aromatic rings. The van der Waals surface area contributed by atoms with Crippen LogP contribution in [0.4, 0.5) is 0 Å². The summed E-state index contributed by atoms with van der Waals surface area (Å²) < 4.78 is 1.77. The van der Waals surface area contributed by atoms with Crippen LogP contribution in [0.3, 0.4) is 0 Å². The molecule has 2 fully saturated rings. The third kappa shape index (κ3) is 2.72. The SMILES string of the molecule is Cn1cnc(CCNC2CCN3CCCC3C2)n1. The van der Waals surface area contributed by atoms with Crippen LogP contribution in [0.1, 0.15) is 31.5 Å². The van der Waals surface area contributed by atoms with Crippen molar-refractivity contribution in [3.63, 3.8) is 0 Å². The summed E-state index contributed by atoms with van der Waals surface area (Å²) in [5, 5.41) is 7.98. The second kappa shape index (κ2) is 5.36. The summed E-state index contributed by atoms with van der Waals surface area (Å²) in [5.74, 6) is 0.948. The van der Waals surface area contributed by atoms with Crippen molar-refractivity contribution in [1.29, 1.82) is 0 Å². The fourth-order valence-corrected chi connectivity index (χ4v) is 3.30. The van der Waals surface area contributed by atoms with Crippen LogP contribution < -0.4 is 5.32 Å². The third-order valence-corrected chi connectivity index (χ3v) is 4.25. The first-order valence-corrected chi connectivity index (χ1v) is 7.13. The largest absolute Gasteiger partial charge is 0.313 e. The first-order valence-electron chi connectivity index (χ1n) is 7.13. The van der Waals surface area contributed by atoms with Gasteiger partial charge in [0.1, 0.15) is 6.33 Å². The maximum absolute atomic E-state index is 4.30. The van der Waals surface area contributed by atoms with E-state index in [1.807, 2.05) is 7.05 Å². The molecule has 100 valence electrons. The van der Waals surface area contributed by atoms with Gasteiger partial charge < -0.3 is 10.2 Å². The van der Waals surface area contributed by atoms with Crippen molar-refractivity contribution < 1.29 is 0 Å². The summed E-state index contributed by atoms with van der Waals surface area (Å²) in [4.78, 5) is 6.92. The van der Waals surface area contributed by atoms with E-state index in [-0.39, 0.29) is 0 Å². The van der Waals surface area contributed by atoms with Crippen LogP contribution in [0.15, 0.2) is 6.33 Å². The average molecular weight is 249 g/mol. The van der Waals surface area contributed by atoms with Gasteiger partial charge in [0.2, 0.25) is 0 Å². The summed E-state index contributed by atoms with van der Waals surface area (Å²) in [6, 6.07) is 1.55. The maximum Gasteiger partial charge on any atom is 0.151 e. The van der Waals surface area contributed by atoms with E-state index in [9.17, 15) is 0 Å². The Morgan fingerprint density at radius 3 is 3.17 bits per heavy atom. The van der Waals surface area contributed by atoms with Gasteiger partial charge in [0, 0.05) is 32.1 Å². The number of nitrogens with zero attached hydrogens (tertiary/aromatic N) is 4. The molecule has 2 atom stereocenters. The highest BCUT2D eigenvalue weighted by Gasteiger charge is 2.31. The van der Waals surface area contributed by atoms with E-state index in [0.717, 1.165) is 24.8 Å². The molecule has 1 N–H and O–H groups in total. The van der Waals surface area contributed by atoms with E-state index >= 15 is 0 Å². The minimum absolute atomic E-state index is 0.702. The number of fused-ring (bicyclic) bond motifs is 1. The molecule has 5 heteroatoms. The normalized spacial score (nSPS) is 28.5. The summed E-state index contributed by atoms with van der Waals surface area (Å²) >= 11 is 0. The minimum Gasteiger partial charge on any atom is -0.313 e. The molecule has 5 nitrogen and oxygen atoms in total. The molecule has 2 aliphatic heterocycles. The van der Waals surface area contributed by atoms with E-state index < -0.39 is 0 Å². The second-order valence-corrected chi connectivity index (χ2v) is 5.59. The molecule has 1 aromatic heterocycles. The molecule has 3 heterocycles. The van der Waals surface area contributed by atoms with Crippen molar-refractivity contribution in [1.82, 2.24) is 25.0 Å². The molecule has 2 unspecified atom stereocenters. The zero-order valence-electron chi connectivity index (χ0n) is 11.2. The van der Waals surface area contributed by atoms with Crippen molar-refractivity contribution in [2.24, 2.45) is 7.05 Å². The van der Waals surface area contributed by atoms with E-state index in [1.165, 1.54) is 38.8 Å². The van der Waals surface area contributed by atoms with Crippen molar-refractivity contribution in [3.8, 4) is 0 Å². The van der Waals surface area contributed by atoms with Crippen molar-refractivity contribution in [3.05, 3.63) is 12.2 Å². The summed E-state index contributed by atoms with van der Waals surface area (Å²) in [5.41, 5.74) is 0. The quantitative estimate of drug-likeness (QED) is 0.847. The van der Waals surface area contributed by atoms with Gasteiger partial charge in [-0.15, -0.1) is 0 Å². The number of hydrogen-bond donors (Lipinski definition) is 1. The van der Waals surface area contributed by atoms with Gasteiger partial charge in [-0.05, 0) is 38.8 Å². The molecule has 0 saturated carbocycles. The fourth-order valence-electron chi connectivity index (χ4n) is 3.30. The van der Waals surface area contributed by atoms with Crippen LogP contribution in [0.5, 0.6) is 0 Å². The van der Waals surface area contributed by atoms with Crippen LogP contribution in [-0.2, 0) is 13.5 Å². The monoisotopic (exact) mass is 249 g/mol. The number of rotatable bonds is 4. The molecule has 0 spiro atoms. The van der Waals surface area contributed by atoms with Gasteiger partial charge in [0.15, 0.2) is 5.82 Å². The predicted molar refractivity (Wildman–Crippen MR) is 70.3 cm³/mol. The Morgan fingerprint density at radius 2 is 2.33 bits per heavy atom. The Bertz CT molecular complexity index is 388. The van der Waals surface area contributed by atoms with Crippen molar-refractivity contribution in [2.45, 2.75) is 44.2 Å². The number of nitrogens with one attached hydrogen (secondary N) is 1. The van der Waals surface area contributed by atoms with Gasteiger partial charge in [0.05, 0.1) is 0 Å². The molecule has 0 radical (unpaired) electrons. The molecule has 0 amide bonds. The molecule has 2 aliphatic rings. The number of aromatic nitrogens is 3. The Labute approximate surface area is 109 Å². The zero-order chi connectivity index (χ0) is 12.4. The lowest BCUT2D eigenvalue weighted by molar-refractivity contribution is 0.167. The standard InChI is InChI=1S/C13H23N5/c1-17-10-15-13(16-17)4-6-14-11-5-8-18-7-2-3-12(18)9-11/h10-12,14H,2-9H2,1H3. The lowest BCUT2D eigenvalue weighted by Gasteiger charge is -2.35. The molecule has 2 saturated heterocycles. The fraction of sp³-hybridized carbons (Fsp3) is 0.846. The van der Waals surface area contributed by atoms with Gasteiger partial charge in [0.25, 0.3) is 0 Å². The first kappa shape index (κ1) is 12.1. The topological polar surface area (TPSA) is 46.0 Å². The van der Waals surface area contributed by atoms with E-state index in [2.05, 4.69) is 20.3 Å². The second-order valence-electron chi connectivity index (χ2n) is 5.59. The van der Waals surface area contributed by atoms with Crippen LogP contribution in [0, 0.1) is 0 Å². The van der Waals surface area contributed by atoms with Gasteiger partial charge in [-0.1, -0.05) is 0 Å². The highest BCUT2D eigenvalue weighted by molar-refractivity contribution is 4.90. The van der Waals surface area contributed by atoms with Crippen LogP contribution >= 0.6 is 0 Å². The predicted octanol–water partition coefficient (Wildman–Crippen LogP) is 0.574. The van der Waals surface area contributed by atoms with Crippen LogP contribution in [-0.4, -0.2) is 51.4 Å². The van der Waals surface area contributed by atoms with Gasteiger partial charge in [-0.2, -0.15) is 5.10 Å². The summed E-state index contributed by atoms with van der Waals surface area (Å²) in [6.45, 7) is 3.61. The Kier molecular flexibility index (Phi) is 3.61. The number of hydrogen-bond acceptors (Lipinski definition) is 4. The lowest BCUT2D eigenvalue weighted by Crippen LogP contribution is -2.46. The highest BCUT2D eigenvalue weighted by atomic mass is 15.3.